The number of carbonyl (C=O) groups is 2. The molecule has 2 aromatic heterocycles. The van der Waals surface area contributed by atoms with Gasteiger partial charge in [0.15, 0.2) is 10.6 Å². The third-order valence-corrected chi connectivity index (χ3v) is 5.56. The molecule has 2 N–H and O–H groups in total. The summed E-state index contributed by atoms with van der Waals surface area (Å²) in [4.78, 5) is 26.0. The third-order valence-electron chi connectivity index (χ3n) is 4.41. The van der Waals surface area contributed by atoms with Crippen LogP contribution >= 0.6 is 23.6 Å². The van der Waals surface area contributed by atoms with Gasteiger partial charge in [0.05, 0.1) is 23.9 Å². The Kier molecular flexibility index (Phi) is 6.95. The van der Waals surface area contributed by atoms with E-state index in [1.54, 1.807) is 18.4 Å². The summed E-state index contributed by atoms with van der Waals surface area (Å²) in [6, 6.07) is 12.1. The van der Waals surface area contributed by atoms with Crippen LogP contribution in [0.2, 0.25) is 0 Å². The maximum Gasteiger partial charge on any atom is 0.308 e. The predicted molar refractivity (Wildman–Crippen MR) is 114 cm³/mol. The largest absolute Gasteiger partial charge is 0.466 e. The fraction of sp³-hybridized carbons (Fsp3) is 0.300. The number of rotatable bonds is 8. The SMILES string of the molecule is CCOC(=O)CC(NC(=O)C(C)n1c(-c2cccs2)n[nH]c1=S)c1ccccc1. The van der Waals surface area contributed by atoms with Crippen molar-refractivity contribution in [2.45, 2.75) is 32.4 Å². The minimum absolute atomic E-state index is 0.0465. The molecule has 1 aromatic carbocycles. The molecule has 0 radical (unpaired) electrons. The van der Waals surface area contributed by atoms with E-state index >= 15 is 0 Å². The van der Waals surface area contributed by atoms with Crippen LogP contribution in [0.4, 0.5) is 0 Å². The Morgan fingerprint density at radius 3 is 2.69 bits per heavy atom. The number of aromatic nitrogens is 3. The highest BCUT2D eigenvalue weighted by molar-refractivity contribution is 7.71. The quantitative estimate of drug-likeness (QED) is 0.416. The number of hydrogen-bond acceptors (Lipinski definition) is 6. The molecule has 2 atom stereocenters. The van der Waals surface area contributed by atoms with E-state index in [1.807, 2.05) is 47.8 Å². The van der Waals surface area contributed by atoms with Gasteiger partial charge in [-0.15, -0.1) is 11.3 Å². The zero-order valence-corrected chi connectivity index (χ0v) is 17.8. The van der Waals surface area contributed by atoms with Gasteiger partial charge < -0.3 is 10.1 Å². The standard InChI is InChI=1S/C20H22N4O3S2/c1-3-27-17(25)12-15(14-8-5-4-6-9-14)21-19(26)13(2)24-18(22-23-20(24)28)16-10-7-11-29-16/h4-11,13,15H,3,12H2,1-2H3,(H,21,26)(H,23,28). The molecule has 0 aliphatic rings. The smallest absolute Gasteiger partial charge is 0.308 e. The summed E-state index contributed by atoms with van der Waals surface area (Å²) < 4.78 is 7.11. The van der Waals surface area contributed by atoms with Crippen molar-refractivity contribution in [1.29, 1.82) is 0 Å². The van der Waals surface area contributed by atoms with E-state index in [0.29, 0.717) is 17.2 Å². The molecule has 1 amide bonds. The molecular weight excluding hydrogens is 408 g/mol. The molecule has 2 heterocycles. The summed E-state index contributed by atoms with van der Waals surface area (Å²) in [5, 5.41) is 11.9. The van der Waals surface area contributed by atoms with Gasteiger partial charge in [0.2, 0.25) is 5.91 Å². The fourth-order valence-electron chi connectivity index (χ4n) is 2.98. The highest BCUT2D eigenvalue weighted by Gasteiger charge is 2.25. The van der Waals surface area contributed by atoms with Crippen molar-refractivity contribution < 1.29 is 14.3 Å². The second-order valence-electron chi connectivity index (χ2n) is 6.36. The van der Waals surface area contributed by atoms with Gasteiger partial charge in [-0.3, -0.25) is 19.3 Å². The van der Waals surface area contributed by atoms with Crippen molar-refractivity contribution >= 4 is 35.4 Å². The zero-order chi connectivity index (χ0) is 20.8. The normalized spacial score (nSPS) is 12.9. The number of hydrogen-bond donors (Lipinski definition) is 2. The monoisotopic (exact) mass is 430 g/mol. The molecule has 0 aliphatic heterocycles. The lowest BCUT2D eigenvalue weighted by Gasteiger charge is -2.22. The van der Waals surface area contributed by atoms with E-state index < -0.39 is 12.1 Å². The zero-order valence-electron chi connectivity index (χ0n) is 16.1. The highest BCUT2D eigenvalue weighted by Crippen LogP contribution is 2.26. The molecule has 2 unspecified atom stereocenters. The Hall–Kier alpha value is -2.78. The Bertz CT molecular complexity index is 1010. The van der Waals surface area contributed by atoms with Crippen molar-refractivity contribution in [3.05, 3.63) is 58.2 Å². The average molecular weight is 431 g/mol. The molecule has 3 rings (SSSR count). The average Bonchev–Trinajstić information content (AvgIpc) is 3.37. The summed E-state index contributed by atoms with van der Waals surface area (Å²) in [5.41, 5.74) is 0.829. The van der Waals surface area contributed by atoms with Crippen molar-refractivity contribution in [2.75, 3.05) is 6.61 Å². The van der Waals surface area contributed by atoms with Crippen molar-refractivity contribution in [3.8, 4) is 10.7 Å². The van der Waals surface area contributed by atoms with Crippen LogP contribution in [0.5, 0.6) is 0 Å². The minimum atomic E-state index is -0.619. The molecular formula is C20H22N4O3S2. The molecule has 0 saturated carbocycles. The van der Waals surface area contributed by atoms with E-state index in [4.69, 9.17) is 17.0 Å². The molecule has 152 valence electrons. The van der Waals surface area contributed by atoms with Gasteiger partial charge in [-0.2, -0.15) is 5.10 Å². The number of ether oxygens (including phenoxy) is 1. The first-order valence-corrected chi connectivity index (χ1v) is 10.5. The van der Waals surface area contributed by atoms with Crippen molar-refractivity contribution in [2.24, 2.45) is 0 Å². The second-order valence-corrected chi connectivity index (χ2v) is 7.69. The summed E-state index contributed by atoms with van der Waals surface area (Å²) in [6.07, 6.45) is 0.0465. The first-order valence-electron chi connectivity index (χ1n) is 9.23. The minimum Gasteiger partial charge on any atom is -0.466 e. The number of esters is 1. The van der Waals surface area contributed by atoms with Crippen molar-refractivity contribution in [1.82, 2.24) is 20.1 Å². The van der Waals surface area contributed by atoms with Gasteiger partial charge in [-0.1, -0.05) is 36.4 Å². The summed E-state index contributed by atoms with van der Waals surface area (Å²) in [6.45, 7) is 3.80. The molecule has 3 aromatic rings. The van der Waals surface area contributed by atoms with E-state index in [-0.39, 0.29) is 18.3 Å². The van der Waals surface area contributed by atoms with E-state index in [0.717, 1.165) is 10.4 Å². The highest BCUT2D eigenvalue weighted by atomic mass is 32.1. The summed E-state index contributed by atoms with van der Waals surface area (Å²) in [5.74, 6) is -0.0266. The lowest BCUT2D eigenvalue weighted by Crippen LogP contribution is -2.35. The number of aromatic amines is 1. The van der Waals surface area contributed by atoms with Crippen LogP contribution in [-0.2, 0) is 14.3 Å². The van der Waals surface area contributed by atoms with Crippen LogP contribution in [0.3, 0.4) is 0 Å². The Morgan fingerprint density at radius 1 is 1.28 bits per heavy atom. The fourth-order valence-corrected chi connectivity index (χ4v) is 3.98. The molecule has 0 spiro atoms. The van der Waals surface area contributed by atoms with Crippen LogP contribution in [0.15, 0.2) is 47.8 Å². The molecule has 9 heteroatoms. The van der Waals surface area contributed by atoms with Gasteiger partial charge >= 0.3 is 5.97 Å². The van der Waals surface area contributed by atoms with E-state index in [1.165, 1.54) is 11.3 Å². The first-order chi connectivity index (χ1) is 14.0. The number of H-pyrrole nitrogens is 1. The summed E-state index contributed by atoms with van der Waals surface area (Å²) in [7, 11) is 0. The molecule has 0 aliphatic carbocycles. The Balaban J connectivity index is 1.84. The first kappa shape index (κ1) is 20.9. The second kappa shape index (κ2) is 9.62. The van der Waals surface area contributed by atoms with Gasteiger partial charge in [-0.05, 0) is 43.1 Å². The number of benzene rings is 1. The lowest BCUT2D eigenvalue weighted by atomic mass is 10.0. The van der Waals surface area contributed by atoms with Crippen molar-refractivity contribution in [3.63, 3.8) is 0 Å². The summed E-state index contributed by atoms with van der Waals surface area (Å²) >= 11 is 6.86. The van der Waals surface area contributed by atoms with Crippen LogP contribution in [0, 0.1) is 4.77 Å². The number of nitrogens with one attached hydrogen (secondary N) is 2. The number of nitrogens with zero attached hydrogens (tertiary/aromatic N) is 2. The Labute approximate surface area is 177 Å². The van der Waals surface area contributed by atoms with Crippen LogP contribution in [-0.4, -0.2) is 33.2 Å². The number of amides is 1. The Morgan fingerprint density at radius 2 is 2.03 bits per heavy atom. The molecule has 29 heavy (non-hydrogen) atoms. The molecule has 7 nitrogen and oxygen atoms in total. The van der Waals surface area contributed by atoms with E-state index in [9.17, 15) is 9.59 Å². The maximum atomic E-state index is 13.1. The van der Waals surface area contributed by atoms with E-state index in [2.05, 4.69) is 15.5 Å². The molecule has 0 bridgehead atoms. The van der Waals surface area contributed by atoms with Crippen LogP contribution in [0.1, 0.15) is 37.9 Å². The molecule has 0 fully saturated rings. The topological polar surface area (TPSA) is 89.0 Å². The van der Waals surface area contributed by atoms with Gasteiger partial charge in [0.1, 0.15) is 6.04 Å². The predicted octanol–water partition coefficient (Wildman–Crippen LogP) is 4.04. The van der Waals surface area contributed by atoms with Gasteiger partial charge in [-0.25, -0.2) is 0 Å². The van der Waals surface area contributed by atoms with Gasteiger partial charge in [0, 0.05) is 0 Å². The maximum absolute atomic E-state index is 13.1. The lowest BCUT2D eigenvalue weighted by molar-refractivity contribution is -0.143. The molecule has 0 saturated heterocycles. The van der Waals surface area contributed by atoms with Crippen LogP contribution < -0.4 is 5.32 Å². The number of thiophene rings is 1. The number of carbonyl (C=O) groups excluding carboxylic acids is 2. The third kappa shape index (κ3) is 4.99. The van der Waals surface area contributed by atoms with Crippen LogP contribution in [0.25, 0.3) is 10.7 Å². The van der Waals surface area contributed by atoms with Gasteiger partial charge in [0.25, 0.3) is 0 Å².